The average molecular weight is 505 g/mol. The molecule has 3 heterocycles. The van der Waals surface area contributed by atoms with Crippen LogP contribution in [-0.4, -0.2) is 35.3 Å². The van der Waals surface area contributed by atoms with Crippen LogP contribution < -0.4 is 14.2 Å². The summed E-state index contributed by atoms with van der Waals surface area (Å²) in [7, 11) is 3.33. The zero-order valence-corrected chi connectivity index (χ0v) is 20.5. The van der Waals surface area contributed by atoms with Gasteiger partial charge in [-0.05, 0) is 77.6 Å². The maximum atomic E-state index is 13.6. The maximum absolute atomic E-state index is 13.6. The highest BCUT2D eigenvalue weighted by Gasteiger charge is 2.36. The molecule has 0 spiro atoms. The number of fused-ring (bicyclic) bond motifs is 6. The molecule has 0 amide bonds. The van der Waals surface area contributed by atoms with Crippen molar-refractivity contribution in [3.05, 3.63) is 88.4 Å². The lowest BCUT2D eigenvalue weighted by molar-refractivity contribution is 0.145. The van der Waals surface area contributed by atoms with Gasteiger partial charge in [0.05, 0.1) is 19.7 Å². The molecule has 1 atom stereocenters. The van der Waals surface area contributed by atoms with Gasteiger partial charge in [0, 0.05) is 30.2 Å². The molecule has 0 bridgehead atoms. The first kappa shape index (κ1) is 25.1. The van der Waals surface area contributed by atoms with Gasteiger partial charge >= 0.3 is 0 Å². The summed E-state index contributed by atoms with van der Waals surface area (Å²) in [4.78, 5) is 2.49. The van der Waals surface area contributed by atoms with E-state index in [9.17, 15) is 9.50 Å². The summed E-state index contributed by atoms with van der Waals surface area (Å²) >= 11 is 0. The van der Waals surface area contributed by atoms with Gasteiger partial charge in [0.15, 0.2) is 11.5 Å². The van der Waals surface area contributed by atoms with Crippen molar-refractivity contribution in [2.24, 2.45) is 0 Å². The first-order valence-corrected chi connectivity index (χ1v) is 12.2. The van der Waals surface area contributed by atoms with E-state index in [1.54, 1.807) is 20.3 Å². The third kappa shape index (κ3) is 4.32. The Hall–Kier alpha value is -3.55. The number of hydrogen-bond acceptors (Lipinski definition) is 5. The third-order valence-corrected chi connectivity index (χ3v) is 7.56. The Bertz CT molecular complexity index is 1450. The minimum Gasteiger partial charge on any atom is -0.497 e. The lowest BCUT2D eigenvalue weighted by Gasteiger charge is -2.41. The number of hydrogen-bond donors (Lipinski definition) is 1. The van der Waals surface area contributed by atoms with E-state index in [0.29, 0.717) is 11.5 Å². The first-order valence-electron chi connectivity index (χ1n) is 12.2. The molecule has 37 heavy (non-hydrogen) atoms. The summed E-state index contributed by atoms with van der Waals surface area (Å²) in [6, 6.07) is 16.9. The number of benzene rings is 3. The largest absolute Gasteiger partial charge is 0.497 e. The SMILES string of the molecule is C.COc1ccc2c(c1)c1c(n2CO)CN2CCc3cc(OCc4cccc(F)c4)c(OC)cc3C2C1. The molecular formula is C30H33FN2O4. The number of aromatic nitrogens is 1. The van der Waals surface area contributed by atoms with Crippen molar-refractivity contribution in [1.29, 1.82) is 0 Å². The predicted octanol–water partition coefficient (Wildman–Crippen LogP) is 5.62. The van der Waals surface area contributed by atoms with E-state index in [2.05, 4.69) is 23.1 Å². The van der Waals surface area contributed by atoms with Crippen LogP contribution in [-0.2, 0) is 32.7 Å². The number of halogens is 1. The van der Waals surface area contributed by atoms with Crippen molar-refractivity contribution in [2.75, 3.05) is 20.8 Å². The van der Waals surface area contributed by atoms with Gasteiger partial charge in [-0.2, -0.15) is 0 Å². The van der Waals surface area contributed by atoms with E-state index in [4.69, 9.17) is 14.2 Å². The smallest absolute Gasteiger partial charge is 0.161 e. The van der Waals surface area contributed by atoms with Crippen molar-refractivity contribution in [1.82, 2.24) is 9.47 Å². The summed E-state index contributed by atoms with van der Waals surface area (Å²) in [5.74, 6) is 1.89. The van der Waals surface area contributed by atoms with Gasteiger partial charge in [0.25, 0.3) is 0 Å². The van der Waals surface area contributed by atoms with Crippen LogP contribution in [0.3, 0.4) is 0 Å². The molecule has 2 aliphatic rings. The van der Waals surface area contributed by atoms with Crippen molar-refractivity contribution in [3.63, 3.8) is 0 Å². The van der Waals surface area contributed by atoms with Gasteiger partial charge in [-0.3, -0.25) is 4.90 Å². The van der Waals surface area contributed by atoms with Crippen LogP contribution in [0.15, 0.2) is 54.6 Å². The Morgan fingerprint density at radius 3 is 2.65 bits per heavy atom. The Morgan fingerprint density at radius 2 is 1.89 bits per heavy atom. The zero-order chi connectivity index (χ0) is 24.8. The van der Waals surface area contributed by atoms with Crippen LogP contribution in [0.4, 0.5) is 4.39 Å². The lowest BCUT2D eigenvalue weighted by atomic mass is 9.85. The van der Waals surface area contributed by atoms with Gasteiger partial charge in [0.2, 0.25) is 0 Å². The summed E-state index contributed by atoms with van der Waals surface area (Å²) in [5, 5.41) is 11.3. The lowest BCUT2D eigenvalue weighted by Crippen LogP contribution is -2.39. The van der Waals surface area contributed by atoms with Gasteiger partial charge in [0.1, 0.15) is 24.9 Å². The second kappa shape index (κ2) is 10.1. The van der Waals surface area contributed by atoms with E-state index in [-0.39, 0.29) is 32.6 Å². The molecule has 0 saturated carbocycles. The fourth-order valence-corrected chi connectivity index (χ4v) is 5.79. The molecule has 0 radical (unpaired) electrons. The average Bonchev–Trinajstić information content (AvgIpc) is 3.21. The van der Waals surface area contributed by atoms with E-state index in [1.807, 2.05) is 22.8 Å². The fourth-order valence-electron chi connectivity index (χ4n) is 5.79. The van der Waals surface area contributed by atoms with Gasteiger partial charge < -0.3 is 23.9 Å². The molecule has 7 heteroatoms. The molecule has 4 aromatic rings. The highest BCUT2D eigenvalue weighted by Crippen LogP contribution is 2.45. The summed E-state index contributed by atoms with van der Waals surface area (Å²) in [5.41, 5.74) is 6.73. The normalized spacial score (nSPS) is 16.4. The number of rotatable bonds is 6. The van der Waals surface area contributed by atoms with Crippen LogP contribution >= 0.6 is 0 Å². The molecule has 1 N–H and O–H groups in total. The summed E-state index contributed by atoms with van der Waals surface area (Å²) in [6.07, 6.45) is 1.74. The monoisotopic (exact) mass is 504 g/mol. The Kier molecular flexibility index (Phi) is 6.84. The van der Waals surface area contributed by atoms with Crippen LogP contribution in [0.25, 0.3) is 10.9 Å². The van der Waals surface area contributed by atoms with Crippen LogP contribution in [0.5, 0.6) is 17.2 Å². The Balaban J connectivity index is 0.00000280. The number of aliphatic hydroxyl groups is 1. The molecule has 3 aromatic carbocycles. The number of methoxy groups -OCH3 is 2. The van der Waals surface area contributed by atoms with Gasteiger partial charge in [-0.15, -0.1) is 0 Å². The standard InChI is InChI=1S/C29H29FN2O4.CH4/c1-34-21-6-7-25-23(12-21)24-13-26-22-14-28(35-2)29(36-16-18-4-3-5-20(30)10-18)11-19(22)8-9-31(26)15-27(24)32(25)17-33;/h3-7,10-12,14,26,33H,8-9,13,15-17H2,1-2H3;1H4. The molecular weight excluding hydrogens is 471 g/mol. The van der Waals surface area contributed by atoms with E-state index < -0.39 is 0 Å². The Morgan fingerprint density at radius 1 is 1.03 bits per heavy atom. The fraction of sp³-hybridized carbons (Fsp3) is 0.333. The van der Waals surface area contributed by atoms with Crippen molar-refractivity contribution in [3.8, 4) is 17.2 Å². The van der Waals surface area contributed by atoms with Crippen molar-refractivity contribution in [2.45, 2.75) is 46.2 Å². The van der Waals surface area contributed by atoms with Crippen molar-refractivity contribution < 1.29 is 23.7 Å². The van der Waals surface area contributed by atoms with E-state index >= 15 is 0 Å². The van der Waals surface area contributed by atoms with Crippen molar-refractivity contribution >= 4 is 10.9 Å². The molecule has 194 valence electrons. The molecule has 0 aliphatic carbocycles. The number of ether oxygens (including phenoxy) is 3. The summed E-state index contributed by atoms with van der Waals surface area (Å²) < 4.78 is 32.9. The predicted molar refractivity (Wildman–Crippen MR) is 142 cm³/mol. The molecule has 1 aromatic heterocycles. The third-order valence-electron chi connectivity index (χ3n) is 7.56. The zero-order valence-electron chi connectivity index (χ0n) is 20.5. The quantitative estimate of drug-likeness (QED) is 0.370. The summed E-state index contributed by atoms with van der Waals surface area (Å²) in [6.45, 7) is 1.92. The molecule has 1 unspecified atom stereocenters. The highest BCUT2D eigenvalue weighted by molar-refractivity contribution is 5.87. The second-order valence-corrected chi connectivity index (χ2v) is 9.44. The molecule has 0 fully saturated rings. The molecule has 6 nitrogen and oxygen atoms in total. The highest BCUT2D eigenvalue weighted by atomic mass is 19.1. The Labute approximate surface area is 216 Å². The maximum Gasteiger partial charge on any atom is 0.161 e. The first-order chi connectivity index (χ1) is 17.6. The number of aliphatic hydroxyl groups excluding tert-OH is 1. The number of nitrogens with zero attached hydrogens (tertiary/aromatic N) is 2. The van der Waals surface area contributed by atoms with Gasteiger partial charge in [-0.25, -0.2) is 4.39 Å². The van der Waals surface area contributed by atoms with E-state index in [0.717, 1.165) is 48.1 Å². The molecule has 2 aliphatic heterocycles. The minimum atomic E-state index is -0.273. The van der Waals surface area contributed by atoms with Crippen LogP contribution in [0.2, 0.25) is 0 Å². The second-order valence-electron chi connectivity index (χ2n) is 9.44. The molecule has 6 rings (SSSR count). The molecule has 0 saturated heterocycles. The minimum absolute atomic E-state index is 0. The topological polar surface area (TPSA) is 56.1 Å². The van der Waals surface area contributed by atoms with Crippen LogP contribution in [0.1, 0.15) is 41.4 Å². The van der Waals surface area contributed by atoms with Crippen LogP contribution in [0, 0.1) is 5.82 Å². The van der Waals surface area contributed by atoms with E-state index in [1.165, 1.54) is 34.5 Å². The van der Waals surface area contributed by atoms with Gasteiger partial charge in [-0.1, -0.05) is 19.6 Å².